The number of methoxy groups -OCH3 is 1. The van der Waals surface area contributed by atoms with Crippen molar-refractivity contribution in [3.05, 3.63) is 0 Å². The molecule has 1 saturated heterocycles. The van der Waals surface area contributed by atoms with Gasteiger partial charge in [-0.15, -0.1) is 0 Å². The van der Waals surface area contributed by atoms with E-state index in [1.807, 2.05) is 19.0 Å². The molecule has 1 aliphatic heterocycles. The highest BCUT2D eigenvalue weighted by Crippen LogP contribution is 2.20. The minimum absolute atomic E-state index is 0.205. The van der Waals surface area contributed by atoms with E-state index in [4.69, 9.17) is 4.74 Å². The van der Waals surface area contributed by atoms with Gasteiger partial charge in [0, 0.05) is 34.3 Å². The summed E-state index contributed by atoms with van der Waals surface area (Å²) in [6, 6.07) is 0.205. The van der Waals surface area contributed by atoms with Crippen LogP contribution in [-0.4, -0.2) is 61.9 Å². The zero-order valence-corrected chi connectivity index (χ0v) is 13.5. The van der Waals surface area contributed by atoms with Crippen molar-refractivity contribution in [3.8, 4) is 0 Å². The molecule has 0 spiro atoms. The number of piperidine rings is 1. The maximum Gasteiger partial charge on any atom is 0.232 e. The van der Waals surface area contributed by atoms with Crippen molar-refractivity contribution in [2.75, 3.05) is 56.0 Å². The van der Waals surface area contributed by atoms with Gasteiger partial charge in [-0.1, -0.05) is 0 Å². The number of aromatic nitrogens is 3. The zero-order valence-electron chi connectivity index (χ0n) is 13.5. The Labute approximate surface area is 126 Å². The molecule has 2 heterocycles. The molecule has 7 heteroatoms. The summed E-state index contributed by atoms with van der Waals surface area (Å²) in [5, 5.41) is 3.03. The molecule has 118 valence electrons. The lowest BCUT2D eigenvalue weighted by Crippen LogP contribution is -2.36. The zero-order chi connectivity index (χ0) is 15.2. The lowest BCUT2D eigenvalue weighted by Gasteiger charge is -2.29. The van der Waals surface area contributed by atoms with E-state index in [0.29, 0.717) is 18.5 Å². The van der Waals surface area contributed by atoms with E-state index in [1.54, 1.807) is 7.11 Å². The second kappa shape index (κ2) is 7.40. The third kappa shape index (κ3) is 3.93. The first-order valence-electron chi connectivity index (χ1n) is 7.56. The normalized spacial score (nSPS) is 16.7. The molecule has 0 amide bonds. The van der Waals surface area contributed by atoms with E-state index in [2.05, 4.69) is 32.1 Å². The van der Waals surface area contributed by atoms with Crippen LogP contribution in [0.2, 0.25) is 0 Å². The van der Waals surface area contributed by atoms with Gasteiger partial charge in [0.15, 0.2) is 0 Å². The standard InChI is InChI=1S/C14H26N6O/c1-11(10-21-4)19(3)13-16-12(15-2)17-14(18-13)20-8-6-5-7-9-20/h11H,5-10H2,1-4H3,(H,15,16,17,18). The molecule has 1 aliphatic rings. The molecule has 0 radical (unpaired) electrons. The molecule has 1 aromatic heterocycles. The predicted octanol–water partition coefficient (Wildman–Crippen LogP) is 1.37. The van der Waals surface area contributed by atoms with Gasteiger partial charge in [-0.2, -0.15) is 15.0 Å². The lowest BCUT2D eigenvalue weighted by molar-refractivity contribution is 0.183. The van der Waals surface area contributed by atoms with Crippen LogP contribution in [0, 0.1) is 0 Å². The van der Waals surface area contributed by atoms with Gasteiger partial charge >= 0.3 is 0 Å². The smallest absolute Gasteiger partial charge is 0.232 e. The highest BCUT2D eigenvalue weighted by atomic mass is 16.5. The number of nitrogens with zero attached hydrogens (tertiary/aromatic N) is 5. The Bertz CT molecular complexity index is 449. The third-order valence-electron chi connectivity index (χ3n) is 3.86. The Morgan fingerprint density at radius 3 is 2.57 bits per heavy atom. The molecule has 1 aromatic rings. The Morgan fingerprint density at radius 1 is 1.24 bits per heavy atom. The summed E-state index contributed by atoms with van der Waals surface area (Å²) < 4.78 is 5.21. The van der Waals surface area contributed by atoms with Crippen LogP contribution < -0.4 is 15.1 Å². The summed E-state index contributed by atoms with van der Waals surface area (Å²) in [4.78, 5) is 17.9. The first-order valence-corrected chi connectivity index (χ1v) is 7.56. The third-order valence-corrected chi connectivity index (χ3v) is 3.86. The van der Waals surface area contributed by atoms with Crippen molar-refractivity contribution in [2.24, 2.45) is 0 Å². The fraction of sp³-hybridized carbons (Fsp3) is 0.786. The monoisotopic (exact) mass is 294 g/mol. The first kappa shape index (κ1) is 15.8. The van der Waals surface area contributed by atoms with E-state index < -0.39 is 0 Å². The first-order chi connectivity index (χ1) is 10.2. The Morgan fingerprint density at radius 2 is 1.95 bits per heavy atom. The molecule has 21 heavy (non-hydrogen) atoms. The second-order valence-corrected chi connectivity index (χ2v) is 5.47. The van der Waals surface area contributed by atoms with Gasteiger partial charge in [0.2, 0.25) is 17.8 Å². The van der Waals surface area contributed by atoms with Gasteiger partial charge in [0.05, 0.1) is 12.6 Å². The van der Waals surface area contributed by atoms with E-state index in [0.717, 1.165) is 19.0 Å². The number of likely N-dealkylation sites (N-methyl/N-ethyl adjacent to an activating group) is 1. The molecule has 1 N–H and O–H groups in total. The number of anilines is 3. The molecule has 2 rings (SSSR count). The molecule has 1 atom stereocenters. The van der Waals surface area contributed by atoms with Gasteiger partial charge < -0.3 is 19.9 Å². The number of hydrogen-bond donors (Lipinski definition) is 1. The quantitative estimate of drug-likeness (QED) is 0.850. The molecule has 0 aromatic carbocycles. The average Bonchev–Trinajstić information content (AvgIpc) is 2.54. The second-order valence-electron chi connectivity index (χ2n) is 5.47. The van der Waals surface area contributed by atoms with Gasteiger partial charge in [0.1, 0.15) is 0 Å². The Balaban J connectivity index is 2.24. The van der Waals surface area contributed by atoms with Crippen LogP contribution in [0.25, 0.3) is 0 Å². The van der Waals surface area contributed by atoms with E-state index in [1.165, 1.54) is 19.3 Å². The SMILES string of the molecule is CNc1nc(N2CCCCC2)nc(N(C)C(C)COC)n1. The summed E-state index contributed by atoms with van der Waals surface area (Å²) in [7, 11) is 5.52. The van der Waals surface area contributed by atoms with Crippen LogP contribution in [-0.2, 0) is 4.74 Å². The number of rotatable bonds is 6. The van der Waals surface area contributed by atoms with E-state index in [-0.39, 0.29) is 6.04 Å². The lowest BCUT2D eigenvalue weighted by atomic mass is 10.1. The van der Waals surface area contributed by atoms with Crippen molar-refractivity contribution in [3.63, 3.8) is 0 Å². The largest absolute Gasteiger partial charge is 0.383 e. The van der Waals surface area contributed by atoms with Gasteiger partial charge in [-0.3, -0.25) is 0 Å². The van der Waals surface area contributed by atoms with Crippen molar-refractivity contribution in [2.45, 2.75) is 32.2 Å². The molecule has 0 saturated carbocycles. The van der Waals surface area contributed by atoms with E-state index in [9.17, 15) is 0 Å². The minimum atomic E-state index is 0.205. The number of hydrogen-bond acceptors (Lipinski definition) is 7. The maximum atomic E-state index is 5.21. The summed E-state index contributed by atoms with van der Waals surface area (Å²) in [6.45, 7) is 4.76. The van der Waals surface area contributed by atoms with Crippen molar-refractivity contribution < 1.29 is 4.74 Å². The topological polar surface area (TPSA) is 66.4 Å². The number of ether oxygens (including phenoxy) is 1. The van der Waals surface area contributed by atoms with Gasteiger partial charge in [-0.05, 0) is 26.2 Å². The summed E-state index contributed by atoms with van der Waals surface area (Å²) in [5.74, 6) is 2.05. The van der Waals surface area contributed by atoms with Crippen LogP contribution in [0.4, 0.5) is 17.8 Å². The van der Waals surface area contributed by atoms with Crippen LogP contribution >= 0.6 is 0 Å². The molecule has 0 bridgehead atoms. The van der Waals surface area contributed by atoms with Crippen LogP contribution in [0.3, 0.4) is 0 Å². The maximum absolute atomic E-state index is 5.21. The summed E-state index contributed by atoms with van der Waals surface area (Å²) in [6.07, 6.45) is 3.69. The Hall–Kier alpha value is -1.63. The molecule has 1 unspecified atom stereocenters. The highest BCUT2D eigenvalue weighted by molar-refractivity contribution is 5.45. The molecule has 7 nitrogen and oxygen atoms in total. The van der Waals surface area contributed by atoms with Crippen LogP contribution in [0.1, 0.15) is 26.2 Å². The average molecular weight is 294 g/mol. The van der Waals surface area contributed by atoms with Crippen LogP contribution in [0.15, 0.2) is 0 Å². The van der Waals surface area contributed by atoms with Crippen LogP contribution in [0.5, 0.6) is 0 Å². The van der Waals surface area contributed by atoms with E-state index >= 15 is 0 Å². The molecular weight excluding hydrogens is 268 g/mol. The minimum Gasteiger partial charge on any atom is -0.383 e. The number of nitrogens with one attached hydrogen (secondary N) is 1. The van der Waals surface area contributed by atoms with Crippen molar-refractivity contribution >= 4 is 17.8 Å². The fourth-order valence-corrected chi connectivity index (χ4v) is 2.41. The molecule has 1 fully saturated rings. The predicted molar refractivity (Wildman–Crippen MR) is 85.2 cm³/mol. The Kier molecular flexibility index (Phi) is 5.55. The molecular formula is C14H26N6O. The summed E-state index contributed by atoms with van der Waals surface area (Å²) >= 11 is 0. The van der Waals surface area contributed by atoms with Crippen molar-refractivity contribution in [1.29, 1.82) is 0 Å². The van der Waals surface area contributed by atoms with Crippen molar-refractivity contribution in [1.82, 2.24) is 15.0 Å². The highest BCUT2D eigenvalue weighted by Gasteiger charge is 2.19. The molecule has 0 aliphatic carbocycles. The van der Waals surface area contributed by atoms with Gasteiger partial charge in [-0.25, -0.2) is 0 Å². The summed E-state index contributed by atoms with van der Waals surface area (Å²) in [5.41, 5.74) is 0. The van der Waals surface area contributed by atoms with Gasteiger partial charge in [0.25, 0.3) is 0 Å². The fourth-order valence-electron chi connectivity index (χ4n) is 2.41.